The highest BCUT2D eigenvalue weighted by Crippen LogP contribution is 2.37. The van der Waals surface area contributed by atoms with Crippen LogP contribution in [-0.4, -0.2) is 42.9 Å². The zero-order valence-corrected chi connectivity index (χ0v) is 19.1. The highest BCUT2D eigenvalue weighted by atomic mass is 32.1. The molecule has 0 aliphatic heterocycles. The van der Waals surface area contributed by atoms with E-state index >= 15 is 0 Å². The first-order valence-corrected chi connectivity index (χ1v) is 11.4. The third kappa shape index (κ3) is 4.54. The summed E-state index contributed by atoms with van der Waals surface area (Å²) in [6.07, 6.45) is 5.91. The van der Waals surface area contributed by atoms with Crippen molar-refractivity contribution in [2.75, 3.05) is 26.1 Å². The Morgan fingerprint density at radius 2 is 2.06 bits per heavy atom. The largest absolute Gasteiger partial charge is 0.491 e. The number of nitrogens with zero attached hydrogens (tertiary/aromatic N) is 2. The fourth-order valence-corrected chi connectivity index (χ4v) is 5.24. The molecule has 170 valence electrons. The third-order valence-electron chi connectivity index (χ3n) is 5.89. The molecule has 32 heavy (non-hydrogen) atoms. The van der Waals surface area contributed by atoms with Gasteiger partial charge in [-0.2, -0.15) is 0 Å². The van der Waals surface area contributed by atoms with Gasteiger partial charge in [0.1, 0.15) is 33.4 Å². The van der Waals surface area contributed by atoms with Crippen LogP contribution in [0.3, 0.4) is 0 Å². The van der Waals surface area contributed by atoms with Gasteiger partial charge in [0.05, 0.1) is 30.9 Å². The number of halogens is 1. The van der Waals surface area contributed by atoms with Crippen LogP contribution in [0.1, 0.15) is 40.9 Å². The maximum absolute atomic E-state index is 14.0. The molecule has 9 heteroatoms. The van der Waals surface area contributed by atoms with Gasteiger partial charge in [0.15, 0.2) is 0 Å². The fraction of sp³-hybridized carbons (Fsp3) is 0.435. The van der Waals surface area contributed by atoms with E-state index in [2.05, 4.69) is 15.3 Å². The molecule has 0 saturated heterocycles. The standard InChI is InChI=1S/C23H26FN3O4S/c1-13-19-21(25-12-26-22(19)32-20(13)23(28)30-3)27-16-9-8-15(24)10-18(16)31-11-14-6-4-5-7-17(14)29-2/h8-10,12,14,17H,4-7,11H2,1-3H3,(H,25,26,27)/t14?,17-/m0/s1. The minimum absolute atomic E-state index is 0.153. The molecule has 0 amide bonds. The zero-order valence-electron chi connectivity index (χ0n) is 18.3. The van der Waals surface area contributed by atoms with Crippen LogP contribution in [0.5, 0.6) is 5.75 Å². The van der Waals surface area contributed by atoms with E-state index in [-0.39, 0.29) is 17.8 Å². The first-order chi connectivity index (χ1) is 15.5. The topological polar surface area (TPSA) is 82.6 Å². The molecule has 0 radical (unpaired) electrons. The smallest absolute Gasteiger partial charge is 0.348 e. The van der Waals surface area contributed by atoms with Crippen molar-refractivity contribution in [1.29, 1.82) is 0 Å². The Bertz CT molecular complexity index is 1120. The monoisotopic (exact) mass is 459 g/mol. The average Bonchev–Trinajstić information content (AvgIpc) is 3.16. The lowest BCUT2D eigenvalue weighted by molar-refractivity contribution is 0.00490. The number of hydrogen-bond donors (Lipinski definition) is 1. The maximum Gasteiger partial charge on any atom is 0.348 e. The van der Waals surface area contributed by atoms with E-state index in [4.69, 9.17) is 14.2 Å². The van der Waals surface area contributed by atoms with Crippen LogP contribution in [0.25, 0.3) is 10.2 Å². The normalized spacial score (nSPS) is 18.5. The molecule has 1 saturated carbocycles. The molecular formula is C23H26FN3O4S. The molecule has 2 atom stereocenters. The highest BCUT2D eigenvalue weighted by molar-refractivity contribution is 7.20. The van der Waals surface area contributed by atoms with E-state index in [0.717, 1.165) is 36.6 Å². The Kier molecular flexibility index (Phi) is 6.86. The van der Waals surface area contributed by atoms with Crippen molar-refractivity contribution in [3.8, 4) is 5.75 Å². The summed E-state index contributed by atoms with van der Waals surface area (Å²) in [6, 6.07) is 4.36. The van der Waals surface area contributed by atoms with Gasteiger partial charge in [-0.3, -0.25) is 0 Å². The number of rotatable bonds is 7. The van der Waals surface area contributed by atoms with Gasteiger partial charge < -0.3 is 19.5 Å². The second kappa shape index (κ2) is 9.79. The summed E-state index contributed by atoms with van der Waals surface area (Å²) >= 11 is 1.25. The Balaban J connectivity index is 1.62. The third-order valence-corrected chi connectivity index (χ3v) is 7.07. The number of carbonyl (C=O) groups is 1. The predicted molar refractivity (Wildman–Crippen MR) is 121 cm³/mol. The minimum Gasteiger partial charge on any atom is -0.491 e. The van der Waals surface area contributed by atoms with Gasteiger partial charge >= 0.3 is 5.97 Å². The van der Waals surface area contributed by atoms with E-state index in [0.29, 0.717) is 33.6 Å². The summed E-state index contributed by atoms with van der Waals surface area (Å²) in [7, 11) is 3.07. The number of benzene rings is 1. The fourth-order valence-electron chi connectivity index (χ4n) is 4.17. The first kappa shape index (κ1) is 22.4. The number of carbonyl (C=O) groups excluding carboxylic acids is 1. The number of aromatic nitrogens is 2. The van der Waals surface area contributed by atoms with E-state index in [1.165, 1.54) is 36.9 Å². The van der Waals surface area contributed by atoms with Gasteiger partial charge in [-0.15, -0.1) is 11.3 Å². The molecule has 2 heterocycles. The van der Waals surface area contributed by atoms with Gasteiger partial charge in [0.2, 0.25) is 0 Å². The molecular weight excluding hydrogens is 433 g/mol. The number of aryl methyl sites for hydroxylation is 1. The van der Waals surface area contributed by atoms with E-state index < -0.39 is 5.97 Å². The van der Waals surface area contributed by atoms with Crippen LogP contribution < -0.4 is 10.1 Å². The molecule has 3 aromatic rings. The molecule has 0 spiro atoms. The lowest BCUT2D eigenvalue weighted by atomic mass is 9.87. The Morgan fingerprint density at radius 3 is 2.84 bits per heavy atom. The minimum atomic E-state index is -0.414. The maximum atomic E-state index is 14.0. The summed E-state index contributed by atoms with van der Waals surface area (Å²) in [5.74, 6) is 0.380. The van der Waals surface area contributed by atoms with E-state index in [1.54, 1.807) is 13.2 Å². The average molecular weight is 460 g/mol. The Morgan fingerprint density at radius 1 is 1.25 bits per heavy atom. The number of fused-ring (bicyclic) bond motifs is 1. The first-order valence-electron chi connectivity index (χ1n) is 10.6. The second-order valence-electron chi connectivity index (χ2n) is 7.85. The molecule has 1 aliphatic rings. The van der Waals surface area contributed by atoms with Crippen molar-refractivity contribution < 1.29 is 23.4 Å². The van der Waals surface area contributed by atoms with Gasteiger partial charge in [0.25, 0.3) is 0 Å². The molecule has 4 rings (SSSR count). The van der Waals surface area contributed by atoms with Crippen LogP contribution in [0.2, 0.25) is 0 Å². The number of ether oxygens (including phenoxy) is 3. The van der Waals surface area contributed by atoms with E-state index in [1.807, 2.05) is 6.92 Å². The molecule has 2 aromatic heterocycles. The summed E-state index contributed by atoms with van der Waals surface area (Å²) in [5.41, 5.74) is 1.32. The number of thiophene rings is 1. The summed E-state index contributed by atoms with van der Waals surface area (Å²) in [4.78, 5) is 21.9. The number of nitrogens with one attached hydrogen (secondary N) is 1. The number of methoxy groups -OCH3 is 2. The lowest BCUT2D eigenvalue weighted by Crippen LogP contribution is -2.31. The number of anilines is 2. The molecule has 1 N–H and O–H groups in total. The second-order valence-corrected chi connectivity index (χ2v) is 8.84. The molecule has 1 fully saturated rings. The van der Waals surface area contributed by atoms with E-state index in [9.17, 15) is 9.18 Å². The van der Waals surface area contributed by atoms with Gasteiger partial charge in [-0.05, 0) is 37.5 Å². The van der Waals surface area contributed by atoms with Crippen molar-refractivity contribution in [1.82, 2.24) is 9.97 Å². The SMILES string of the molecule is COC(=O)c1sc2ncnc(Nc3ccc(F)cc3OCC3CCCC[C@@H]3OC)c2c1C. The summed E-state index contributed by atoms with van der Waals surface area (Å²) < 4.78 is 30.6. The lowest BCUT2D eigenvalue weighted by Gasteiger charge is -2.30. The molecule has 1 aliphatic carbocycles. The Labute approximate surface area is 189 Å². The van der Waals surface area contributed by atoms with Gasteiger partial charge in [0, 0.05) is 19.1 Å². The van der Waals surface area contributed by atoms with Crippen LogP contribution >= 0.6 is 11.3 Å². The summed E-state index contributed by atoms with van der Waals surface area (Å²) in [6.45, 7) is 2.27. The van der Waals surface area contributed by atoms with Crippen LogP contribution in [-0.2, 0) is 9.47 Å². The van der Waals surface area contributed by atoms with Crippen LogP contribution in [0.4, 0.5) is 15.9 Å². The van der Waals surface area contributed by atoms with Crippen LogP contribution in [0.15, 0.2) is 24.5 Å². The van der Waals surface area contributed by atoms with Crippen molar-refractivity contribution in [3.05, 3.63) is 40.8 Å². The molecule has 1 aromatic carbocycles. The molecule has 0 bridgehead atoms. The van der Waals surface area contributed by atoms with Crippen molar-refractivity contribution in [2.24, 2.45) is 5.92 Å². The number of hydrogen-bond acceptors (Lipinski definition) is 8. The quantitative estimate of drug-likeness (QED) is 0.483. The van der Waals surface area contributed by atoms with Gasteiger partial charge in [-0.1, -0.05) is 12.8 Å². The highest BCUT2D eigenvalue weighted by Gasteiger charge is 2.26. The van der Waals surface area contributed by atoms with Crippen LogP contribution in [0, 0.1) is 18.7 Å². The Hall–Kier alpha value is -2.78. The van der Waals surface area contributed by atoms with Crippen molar-refractivity contribution in [2.45, 2.75) is 38.7 Å². The van der Waals surface area contributed by atoms with Crippen molar-refractivity contribution in [3.63, 3.8) is 0 Å². The molecule has 7 nitrogen and oxygen atoms in total. The van der Waals surface area contributed by atoms with Crippen molar-refractivity contribution >= 4 is 39.0 Å². The number of esters is 1. The van der Waals surface area contributed by atoms with Gasteiger partial charge in [-0.25, -0.2) is 19.2 Å². The summed E-state index contributed by atoms with van der Waals surface area (Å²) in [5, 5.41) is 3.97. The predicted octanol–water partition coefficient (Wildman–Crippen LogP) is 5.25. The zero-order chi connectivity index (χ0) is 22.7. The molecule has 1 unspecified atom stereocenters.